The quantitative estimate of drug-likeness (QED) is 0.480. The van der Waals surface area contributed by atoms with Crippen molar-refractivity contribution in [3.63, 3.8) is 0 Å². The van der Waals surface area contributed by atoms with Crippen molar-refractivity contribution in [3.8, 4) is 5.75 Å². The van der Waals surface area contributed by atoms with Crippen LogP contribution in [0.1, 0.15) is 42.5 Å². The van der Waals surface area contributed by atoms with Gasteiger partial charge in [0, 0.05) is 51.6 Å². The van der Waals surface area contributed by atoms with Crippen LogP contribution in [-0.2, 0) is 40.2 Å². The van der Waals surface area contributed by atoms with E-state index in [-0.39, 0.29) is 17.7 Å². The molecule has 5 rings (SSSR count). The molecule has 0 radical (unpaired) electrons. The Hall–Kier alpha value is -4.21. The fourth-order valence-electron chi connectivity index (χ4n) is 5.80. The Labute approximate surface area is 240 Å². The van der Waals surface area contributed by atoms with E-state index >= 15 is 0 Å². The molecule has 0 saturated carbocycles. The number of ether oxygens (including phenoxy) is 1. The van der Waals surface area contributed by atoms with Gasteiger partial charge < -0.3 is 20.3 Å². The number of hydrogen-bond acceptors (Lipinski definition) is 6. The van der Waals surface area contributed by atoms with Crippen molar-refractivity contribution in [1.82, 2.24) is 30.5 Å². The standard InChI is InChI=1S/C31H38N6O4/c1-41-27-11-6-5-10-24(27)12-13-28(38)36-18-14-31(15-19-36)21-25-22-37(35-34-25)17-7-16-32-29(39)26(33-30(31)40)20-23-8-3-2-4-9-23/h2-6,8-11,22,26H,7,12-21H2,1H3,(H,32,39)(H,33,40)/t26-/m0/s1. The third-order valence-corrected chi connectivity index (χ3v) is 8.23. The molecule has 1 fully saturated rings. The van der Waals surface area contributed by atoms with Gasteiger partial charge in [0.05, 0.1) is 18.2 Å². The van der Waals surface area contributed by atoms with E-state index in [1.807, 2.05) is 65.7 Å². The molecule has 0 aliphatic carbocycles. The fourth-order valence-corrected chi connectivity index (χ4v) is 5.80. The number of nitrogens with one attached hydrogen (secondary N) is 2. The number of nitrogens with zero attached hydrogens (tertiary/aromatic N) is 4. The Kier molecular flexibility index (Phi) is 8.96. The summed E-state index contributed by atoms with van der Waals surface area (Å²) in [4.78, 5) is 42.3. The first-order valence-electron chi connectivity index (χ1n) is 14.4. The maximum Gasteiger partial charge on any atom is 0.242 e. The number of amides is 3. The first-order chi connectivity index (χ1) is 20.0. The Morgan fingerprint density at radius 3 is 2.59 bits per heavy atom. The van der Waals surface area contributed by atoms with Gasteiger partial charge in [0.25, 0.3) is 0 Å². The number of fused-ring (bicyclic) bond motifs is 2. The first-order valence-corrected chi connectivity index (χ1v) is 14.4. The summed E-state index contributed by atoms with van der Waals surface area (Å²) in [6, 6.07) is 16.7. The summed E-state index contributed by atoms with van der Waals surface area (Å²) in [5.41, 5.74) is 1.92. The molecule has 3 amide bonds. The molecule has 2 aliphatic rings. The maximum atomic E-state index is 14.1. The van der Waals surface area contributed by atoms with Crippen LogP contribution in [0.5, 0.6) is 5.75 Å². The van der Waals surface area contributed by atoms with Gasteiger partial charge in [0.15, 0.2) is 0 Å². The average molecular weight is 559 g/mol. The van der Waals surface area contributed by atoms with Gasteiger partial charge in [-0.05, 0) is 42.9 Å². The molecule has 2 aliphatic heterocycles. The van der Waals surface area contributed by atoms with Gasteiger partial charge in [0.1, 0.15) is 11.8 Å². The van der Waals surface area contributed by atoms with Crippen LogP contribution in [0, 0.1) is 5.41 Å². The summed E-state index contributed by atoms with van der Waals surface area (Å²) >= 11 is 0. The number of benzene rings is 2. The van der Waals surface area contributed by atoms with Gasteiger partial charge in [-0.2, -0.15) is 0 Å². The highest BCUT2D eigenvalue weighted by molar-refractivity contribution is 5.90. The Morgan fingerprint density at radius 1 is 1.05 bits per heavy atom. The molecular formula is C31H38N6O4. The molecule has 1 saturated heterocycles. The van der Waals surface area contributed by atoms with Crippen LogP contribution in [0.2, 0.25) is 0 Å². The highest BCUT2D eigenvalue weighted by Crippen LogP contribution is 2.36. The number of piperidine rings is 1. The second kappa shape index (κ2) is 13.0. The highest BCUT2D eigenvalue weighted by Gasteiger charge is 2.44. The Balaban J connectivity index is 1.31. The van der Waals surface area contributed by atoms with Crippen molar-refractivity contribution in [2.45, 2.75) is 57.5 Å². The van der Waals surface area contributed by atoms with Gasteiger partial charge >= 0.3 is 0 Å². The maximum absolute atomic E-state index is 14.1. The number of carbonyl (C=O) groups is 3. The van der Waals surface area contributed by atoms with E-state index in [0.29, 0.717) is 71.1 Å². The fraction of sp³-hybridized carbons (Fsp3) is 0.452. The van der Waals surface area contributed by atoms with E-state index in [1.165, 1.54) is 0 Å². The monoisotopic (exact) mass is 558 g/mol. The van der Waals surface area contributed by atoms with E-state index in [9.17, 15) is 14.4 Å². The number of methoxy groups -OCH3 is 1. The normalized spacial score (nSPS) is 19.3. The van der Waals surface area contributed by atoms with Gasteiger partial charge in [-0.3, -0.25) is 19.1 Å². The lowest BCUT2D eigenvalue weighted by molar-refractivity contribution is -0.142. The molecule has 216 valence electrons. The number of carbonyl (C=O) groups excluding carboxylic acids is 3. The molecule has 10 heteroatoms. The lowest BCUT2D eigenvalue weighted by Crippen LogP contribution is -2.56. The third-order valence-electron chi connectivity index (χ3n) is 8.23. The zero-order valence-electron chi connectivity index (χ0n) is 23.6. The van der Waals surface area contributed by atoms with E-state index in [4.69, 9.17) is 4.74 Å². The molecule has 2 aromatic carbocycles. The number of hydrogen-bond donors (Lipinski definition) is 2. The molecule has 3 aromatic rings. The van der Waals surface area contributed by atoms with Gasteiger partial charge in [0.2, 0.25) is 17.7 Å². The van der Waals surface area contributed by atoms with Crippen molar-refractivity contribution in [1.29, 1.82) is 0 Å². The number of aromatic nitrogens is 3. The highest BCUT2D eigenvalue weighted by atomic mass is 16.5. The molecule has 2 N–H and O–H groups in total. The zero-order chi connectivity index (χ0) is 28.7. The van der Waals surface area contributed by atoms with Crippen molar-refractivity contribution in [2.75, 3.05) is 26.7 Å². The molecular weight excluding hydrogens is 520 g/mol. The minimum absolute atomic E-state index is 0.0584. The van der Waals surface area contributed by atoms with Crippen molar-refractivity contribution < 1.29 is 19.1 Å². The number of likely N-dealkylation sites (tertiary alicyclic amines) is 1. The predicted octanol–water partition coefficient (Wildman–Crippen LogP) is 2.32. The molecule has 0 unspecified atom stereocenters. The SMILES string of the molecule is COc1ccccc1CCC(=O)N1CCC2(CC1)Cc1cn(nn1)CCCNC(=O)[C@H](Cc1ccccc1)NC2=O. The van der Waals surface area contributed by atoms with Gasteiger partial charge in [-0.15, -0.1) is 5.10 Å². The summed E-state index contributed by atoms with van der Waals surface area (Å²) in [5, 5.41) is 14.7. The molecule has 1 spiro atoms. The first kappa shape index (κ1) is 28.3. The summed E-state index contributed by atoms with van der Waals surface area (Å²) in [7, 11) is 1.63. The average Bonchev–Trinajstić information content (AvgIpc) is 3.45. The molecule has 2 bridgehead atoms. The second-order valence-electron chi connectivity index (χ2n) is 11.0. The lowest BCUT2D eigenvalue weighted by atomic mass is 9.73. The molecule has 3 heterocycles. The van der Waals surface area contributed by atoms with Gasteiger partial charge in [-0.1, -0.05) is 53.7 Å². The van der Waals surface area contributed by atoms with Crippen LogP contribution in [0.25, 0.3) is 0 Å². The minimum atomic E-state index is -0.802. The van der Waals surface area contributed by atoms with E-state index in [2.05, 4.69) is 20.9 Å². The number of para-hydroxylation sites is 1. The second-order valence-corrected chi connectivity index (χ2v) is 11.0. The summed E-state index contributed by atoms with van der Waals surface area (Å²) in [6.45, 7) is 2.02. The predicted molar refractivity (Wildman–Crippen MR) is 153 cm³/mol. The van der Waals surface area contributed by atoms with Gasteiger partial charge in [-0.25, -0.2) is 0 Å². The number of rotatable bonds is 6. The topological polar surface area (TPSA) is 118 Å². The van der Waals surface area contributed by atoms with Crippen molar-refractivity contribution in [3.05, 3.63) is 77.6 Å². The third kappa shape index (κ3) is 6.93. The van der Waals surface area contributed by atoms with Crippen LogP contribution in [0.15, 0.2) is 60.8 Å². The smallest absolute Gasteiger partial charge is 0.242 e. The van der Waals surface area contributed by atoms with Crippen LogP contribution in [0.4, 0.5) is 0 Å². The van der Waals surface area contributed by atoms with E-state index < -0.39 is 11.5 Å². The number of aryl methyl sites for hydroxylation is 2. The largest absolute Gasteiger partial charge is 0.496 e. The molecule has 1 aromatic heterocycles. The van der Waals surface area contributed by atoms with E-state index in [0.717, 1.165) is 22.6 Å². The summed E-state index contributed by atoms with van der Waals surface area (Å²) in [6.07, 6.45) is 5.31. The Bertz CT molecular complexity index is 1350. The lowest BCUT2D eigenvalue weighted by Gasteiger charge is -2.41. The molecule has 41 heavy (non-hydrogen) atoms. The zero-order valence-corrected chi connectivity index (χ0v) is 23.6. The van der Waals surface area contributed by atoms with Crippen LogP contribution in [0.3, 0.4) is 0 Å². The van der Waals surface area contributed by atoms with Crippen LogP contribution >= 0.6 is 0 Å². The minimum Gasteiger partial charge on any atom is -0.496 e. The van der Waals surface area contributed by atoms with E-state index in [1.54, 1.807) is 11.8 Å². The van der Waals surface area contributed by atoms with Crippen molar-refractivity contribution >= 4 is 17.7 Å². The molecule has 1 atom stereocenters. The Morgan fingerprint density at radius 2 is 1.80 bits per heavy atom. The summed E-state index contributed by atoms with van der Waals surface area (Å²) in [5.74, 6) is 0.464. The van der Waals surface area contributed by atoms with Crippen molar-refractivity contribution in [2.24, 2.45) is 5.41 Å². The molecule has 10 nitrogen and oxygen atoms in total. The van der Waals surface area contributed by atoms with Crippen LogP contribution in [-0.4, -0.2) is 70.4 Å². The summed E-state index contributed by atoms with van der Waals surface area (Å²) < 4.78 is 7.20. The van der Waals surface area contributed by atoms with Crippen LogP contribution < -0.4 is 15.4 Å².